The Morgan fingerprint density at radius 3 is 3.14 bits per heavy atom. The fourth-order valence-electron chi connectivity index (χ4n) is 3.36. The summed E-state index contributed by atoms with van der Waals surface area (Å²) in [7, 11) is 0. The summed E-state index contributed by atoms with van der Waals surface area (Å²) in [5.74, 6) is 0.824. The van der Waals surface area contributed by atoms with Crippen molar-refractivity contribution in [3.8, 4) is 0 Å². The molecule has 14 heavy (non-hydrogen) atoms. The van der Waals surface area contributed by atoms with Crippen LogP contribution in [-0.2, 0) is 9.59 Å². The molecule has 0 radical (unpaired) electrons. The molecule has 2 aliphatic heterocycles. The lowest BCUT2D eigenvalue weighted by Crippen LogP contribution is -2.47. The second-order valence-corrected chi connectivity index (χ2v) is 4.62. The molecule has 0 aromatic rings. The van der Waals surface area contributed by atoms with E-state index in [1.165, 1.54) is 0 Å². The van der Waals surface area contributed by atoms with Gasteiger partial charge in [-0.05, 0) is 24.8 Å². The summed E-state index contributed by atoms with van der Waals surface area (Å²) in [6.45, 7) is 0. The molecule has 1 saturated heterocycles. The molecular weight excluding hydrogens is 178 g/mol. The Labute approximate surface area is 82.8 Å². The maximum absolute atomic E-state index is 11.7. The second-order valence-electron chi connectivity index (χ2n) is 4.62. The molecule has 2 fully saturated rings. The lowest BCUT2D eigenvalue weighted by Gasteiger charge is -2.38. The van der Waals surface area contributed by atoms with E-state index in [4.69, 9.17) is 0 Å². The molecule has 74 valence electrons. The van der Waals surface area contributed by atoms with E-state index in [2.05, 4.69) is 0 Å². The quantitative estimate of drug-likeness (QED) is 0.577. The van der Waals surface area contributed by atoms with Crippen LogP contribution in [0.2, 0.25) is 0 Å². The molecule has 3 nitrogen and oxygen atoms in total. The van der Waals surface area contributed by atoms with Gasteiger partial charge in [0.05, 0.1) is 5.54 Å². The Morgan fingerprint density at radius 2 is 2.29 bits per heavy atom. The molecule has 0 aromatic carbocycles. The zero-order valence-corrected chi connectivity index (χ0v) is 8.03. The molecule has 0 bridgehead atoms. The molecule has 1 aliphatic carbocycles. The Bertz CT molecular complexity index is 347. The lowest BCUT2D eigenvalue weighted by atomic mass is 9.82. The fourth-order valence-corrected chi connectivity index (χ4v) is 3.36. The number of allylic oxidation sites excluding steroid dienone is 1. The van der Waals surface area contributed by atoms with Crippen LogP contribution in [0, 0.1) is 5.92 Å². The van der Waals surface area contributed by atoms with Crippen LogP contribution in [-0.4, -0.2) is 22.1 Å². The first kappa shape index (κ1) is 8.21. The molecule has 3 aliphatic rings. The smallest absolute Gasteiger partial charge is 0.227 e. The number of hydrogen-bond acceptors (Lipinski definition) is 2. The van der Waals surface area contributed by atoms with Gasteiger partial charge >= 0.3 is 0 Å². The number of amides is 1. The fraction of sp³-hybridized carbons (Fsp3) is 0.636. The van der Waals surface area contributed by atoms with Gasteiger partial charge in [-0.25, -0.2) is 0 Å². The topological polar surface area (TPSA) is 37.4 Å². The van der Waals surface area contributed by atoms with E-state index in [1.54, 1.807) is 12.3 Å². The predicted molar refractivity (Wildman–Crippen MR) is 50.3 cm³/mol. The van der Waals surface area contributed by atoms with Gasteiger partial charge in [-0.2, -0.15) is 0 Å². The molecule has 1 spiro atoms. The van der Waals surface area contributed by atoms with E-state index in [-0.39, 0.29) is 17.2 Å². The number of rotatable bonds is 0. The summed E-state index contributed by atoms with van der Waals surface area (Å²) in [5, 5.41) is 0. The first-order chi connectivity index (χ1) is 6.72. The third-order valence-corrected chi connectivity index (χ3v) is 3.98. The molecule has 3 heteroatoms. The van der Waals surface area contributed by atoms with Crippen molar-refractivity contribution < 1.29 is 9.59 Å². The number of carbonyl (C=O) groups excluding carboxylic acids is 2. The van der Waals surface area contributed by atoms with E-state index in [9.17, 15) is 9.59 Å². The van der Waals surface area contributed by atoms with Crippen molar-refractivity contribution in [1.82, 2.24) is 4.90 Å². The van der Waals surface area contributed by atoms with Crippen LogP contribution in [0.15, 0.2) is 12.3 Å². The number of nitrogens with zero attached hydrogens (tertiary/aromatic N) is 1. The van der Waals surface area contributed by atoms with Crippen LogP contribution in [0.1, 0.15) is 32.1 Å². The van der Waals surface area contributed by atoms with Crippen LogP contribution in [0.4, 0.5) is 0 Å². The largest absolute Gasteiger partial charge is 0.312 e. The van der Waals surface area contributed by atoms with E-state index in [0.29, 0.717) is 18.8 Å². The van der Waals surface area contributed by atoms with Gasteiger partial charge in [0.2, 0.25) is 5.91 Å². The lowest BCUT2D eigenvalue weighted by molar-refractivity contribution is -0.130. The van der Waals surface area contributed by atoms with E-state index < -0.39 is 0 Å². The summed E-state index contributed by atoms with van der Waals surface area (Å²) >= 11 is 0. The molecule has 2 heterocycles. The molecular formula is C11H13NO2. The van der Waals surface area contributed by atoms with Crippen LogP contribution in [0.25, 0.3) is 0 Å². The van der Waals surface area contributed by atoms with Crippen molar-refractivity contribution in [2.45, 2.75) is 37.6 Å². The number of carbonyl (C=O) groups is 2. The maximum Gasteiger partial charge on any atom is 0.227 e. The van der Waals surface area contributed by atoms with E-state index in [1.807, 2.05) is 4.90 Å². The van der Waals surface area contributed by atoms with Crippen molar-refractivity contribution in [1.29, 1.82) is 0 Å². The van der Waals surface area contributed by atoms with Crippen molar-refractivity contribution >= 4 is 11.7 Å². The van der Waals surface area contributed by atoms with Gasteiger partial charge in [-0.3, -0.25) is 9.59 Å². The van der Waals surface area contributed by atoms with Crippen LogP contribution in [0.5, 0.6) is 0 Å². The Balaban J connectivity index is 2.08. The van der Waals surface area contributed by atoms with Gasteiger partial charge in [-0.1, -0.05) is 6.42 Å². The van der Waals surface area contributed by atoms with Gasteiger partial charge in [0, 0.05) is 19.0 Å². The molecule has 1 amide bonds. The molecule has 0 aromatic heterocycles. The summed E-state index contributed by atoms with van der Waals surface area (Å²) in [6, 6.07) is 0. The summed E-state index contributed by atoms with van der Waals surface area (Å²) in [5.41, 5.74) is -0.108. The van der Waals surface area contributed by atoms with E-state index in [0.717, 1.165) is 19.3 Å². The van der Waals surface area contributed by atoms with Crippen LogP contribution >= 0.6 is 0 Å². The van der Waals surface area contributed by atoms with Crippen molar-refractivity contribution in [2.24, 2.45) is 5.92 Å². The SMILES string of the molecule is O=C1C=CN2C(=O)C[C@H]3CCC[C@]32C1. The highest BCUT2D eigenvalue weighted by Crippen LogP contribution is 2.51. The van der Waals surface area contributed by atoms with Gasteiger partial charge in [0.15, 0.2) is 5.78 Å². The van der Waals surface area contributed by atoms with Crippen LogP contribution < -0.4 is 0 Å². The Morgan fingerprint density at radius 1 is 1.43 bits per heavy atom. The molecule has 3 rings (SSSR count). The minimum atomic E-state index is -0.108. The average Bonchev–Trinajstić information content (AvgIpc) is 2.58. The Hall–Kier alpha value is -1.12. The molecule has 0 unspecified atom stereocenters. The molecule has 2 atom stereocenters. The number of hydrogen-bond donors (Lipinski definition) is 0. The minimum absolute atomic E-state index is 0.108. The Kier molecular flexibility index (Phi) is 1.45. The third kappa shape index (κ3) is 0.825. The minimum Gasteiger partial charge on any atom is -0.312 e. The van der Waals surface area contributed by atoms with Crippen molar-refractivity contribution in [3.63, 3.8) is 0 Å². The van der Waals surface area contributed by atoms with Gasteiger partial charge in [-0.15, -0.1) is 0 Å². The maximum atomic E-state index is 11.7. The van der Waals surface area contributed by atoms with Gasteiger partial charge in [0.25, 0.3) is 0 Å². The highest BCUT2D eigenvalue weighted by atomic mass is 16.2. The zero-order chi connectivity index (χ0) is 9.76. The summed E-state index contributed by atoms with van der Waals surface area (Å²) < 4.78 is 0. The predicted octanol–water partition coefficient (Wildman–Crippen LogP) is 1.24. The standard InChI is InChI=1S/C11H13NO2/c13-9-3-5-12-10(14)6-8-2-1-4-11(8,12)7-9/h3,5,8H,1-2,4,6-7H2/t8-,11+/m1/s1. The highest BCUT2D eigenvalue weighted by Gasteiger charge is 2.56. The zero-order valence-electron chi connectivity index (χ0n) is 8.03. The second kappa shape index (κ2) is 2.47. The average molecular weight is 191 g/mol. The molecule has 1 saturated carbocycles. The normalized spacial score (nSPS) is 40.3. The first-order valence-electron chi connectivity index (χ1n) is 5.26. The van der Waals surface area contributed by atoms with Gasteiger partial charge in [0.1, 0.15) is 0 Å². The van der Waals surface area contributed by atoms with Crippen LogP contribution in [0.3, 0.4) is 0 Å². The number of ketones is 1. The highest BCUT2D eigenvalue weighted by molar-refractivity contribution is 5.95. The first-order valence-corrected chi connectivity index (χ1v) is 5.26. The van der Waals surface area contributed by atoms with E-state index >= 15 is 0 Å². The summed E-state index contributed by atoms with van der Waals surface area (Å²) in [6.07, 6.45) is 7.75. The molecule has 0 N–H and O–H groups in total. The van der Waals surface area contributed by atoms with Gasteiger partial charge < -0.3 is 4.90 Å². The van der Waals surface area contributed by atoms with Crippen molar-refractivity contribution in [2.75, 3.05) is 0 Å². The van der Waals surface area contributed by atoms with Crippen molar-refractivity contribution in [3.05, 3.63) is 12.3 Å². The summed E-state index contributed by atoms with van der Waals surface area (Å²) in [4.78, 5) is 25.0. The third-order valence-electron chi connectivity index (χ3n) is 3.98. The monoisotopic (exact) mass is 191 g/mol.